The number of hydrogen-bond donors (Lipinski definition) is 1. The predicted octanol–water partition coefficient (Wildman–Crippen LogP) is 3.89. The topological polar surface area (TPSA) is 88.3 Å². The van der Waals surface area contributed by atoms with Crippen molar-refractivity contribution in [1.82, 2.24) is 14.9 Å². The van der Waals surface area contributed by atoms with Gasteiger partial charge < -0.3 is 9.73 Å². The van der Waals surface area contributed by atoms with Crippen LogP contribution in [0.3, 0.4) is 0 Å². The molecule has 4 rings (SSSR count). The number of amides is 2. The maximum absolute atomic E-state index is 13.4. The second kappa shape index (κ2) is 8.57. The summed E-state index contributed by atoms with van der Waals surface area (Å²) in [7, 11) is 0. The third-order valence-electron chi connectivity index (χ3n) is 5.13. The monoisotopic (exact) mass is 410 g/mol. The van der Waals surface area contributed by atoms with Crippen LogP contribution >= 0.6 is 11.5 Å². The summed E-state index contributed by atoms with van der Waals surface area (Å²) in [5, 5.41) is 8.61. The number of benzene rings is 1. The minimum absolute atomic E-state index is 0.121. The predicted molar refractivity (Wildman–Crippen MR) is 110 cm³/mol. The summed E-state index contributed by atoms with van der Waals surface area (Å²) in [4.78, 5) is 28.2. The van der Waals surface area contributed by atoms with Crippen LogP contribution in [-0.4, -0.2) is 27.4 Å². The molecule has 1 atom stereocenters. The highest BCUT2D eigenvalue weighted by molar-refractivity contribution is 7.03. The van der Waals surface area contributed by atoms with Crippen LogP contribution in [-0.2, 0) is 4.79 Å². The van der Waals surface area contributed by atoms with Crippen LogP contribution in [0.5, 0.6) is 0 Å². The standard InChI is InChI=1S/C21H22N4O3S/c1-14-8-10-16(11-9-14)25(21(27)17-13-29-24-23-17)19(18-7-4-12-28-18)20(26)22-15-5-2-3-6-15/h4,7-13,15,19H,2-3,5-6H2,1H3,(H,22,26). The minimum Gasteiger partial charge on any atom is -0.467 e. The molecule has 1 fully saturated rings. The van der Waals surface area contributed by atoms with Gasteiger partial charge in [-0.25, -0.2) is 0 Å². The molecule has 1 saturated carbocycles. The number of anilines is 1. The largest absolute Gasteiger partial charge is 0.467 e. The number of carbonyl (C=O) groups excluding carboxylic acids is 2. The Kier molecular flexibility index (Phi) is 5.71. The quantitative estimate of drug-likeness (QED) is 0.666. The van der Waals surface area contributed by atoms with E-state index in [-0.39, 0.29) is 17.6 Å². The summed E-state index contributed by atoms with van der Waals surface area (Å²) in [6, 6.07) is 10.1. The zero-order valence-electron chi connectivity index (χ0n) is 16.1. The molecule has 0 spiro atoms. The molecule has 1 aliphatic carbocycles. The Morgan fingerprint density at radius 1 is 1.21 bits per heavy atom. The van der Waals surface area contributed by atoms with Gasteiger partial charge in [0.1, 0.15) is 5.76 Å². The first-order chi connectivity index (χ1) is 14.1. The molecule has 2 aromatic heterocycles. The van der Waals surface area contributed by atoms with Gasteiger partial charge in [0.2, 0.25) is 0 Å². The van der Waals surface area contributed by atoms with Crippen molar-refractivity contribution in [3.05, 3.63) is 65.1 Å². The lowest BCUT2D eigenvalue weighted by atomic mass is 10.1. The molecule has 0 bridgehead atoms. The molecule has 7 nitrogen and oxygen atoms in total. The Labute approximate surface area is 172 Å². The first kappa shape index (κ1) is 19.3. The van der Waals surface area contributed by atoms with E-state index in [4.69, 9.17) is 4.42 Å². The fourth-order valence-electron chi connectivity index (χ4n) is 3.64. The fourth-order valence-corrected chi connectivity index (χ4v) is 4.07. The maximum atomic E-state index is 13.4. The molecule has 2 heterocycles. The van der Waals surface area contributed by atoms with Gasteiger partial charge in [0.15, 0.2) is 11.7 Å². The molecule has 29 heavy (non-hydrogen) atoms. The van der Waals surface area contributed by atoms with Crippen LogP contribution in [0, 0.1) is 6.92 Å². The second-order valence-electron chi connectivity index (χ2n) is 7.21. The van der Waals surface area contributed by atoms with Crippen LogP contribution in [0.25, 0.3) is 0 Å². The van der Waals surface area contributed by atoms with Crippen LogP contribution in [0.4, 0.5) is 5.69 Å². The van der Waals surface area contributed by atoms with Crippen LogP contribution in [0.2, 0.25) is 0 Å². The third-order valence-corrected chi connectivity index (χ3v) is 5.64. The Hall–Kier alpha value is -3.00. The fraction of sp³-hybridized carbons (Fsp3) is 0.333. The van der Waals surface area contributed by atoms with E-state index in [0.717, 1.165) is 42.8 Å². The SMILES string of the molecule is Cc1ccc(N(C(=O)c2csnn2)C(C(=O)NC2CCCC2)c2ccco2)cc1. The molecular weight excluding hydrogens is 388 g/mol. The molecule has 2 amide bonds. The molecule has 1 aromatic carbocycles. The first-order valence-corrected chi connectivity index (χ1v) is 10.5. The Balaban J connectivity index is 1.75. The molecule has 3 aromatic rings. The third kappa shape index (κ3) is 4.22. The summed E-state index contributed by atoms with van der Waals surface area (Å²) in [6.45, 7) is 1.97. The van der Waals surface area contributed by atoms with Gasteiger partial charge in [-0.1, -0.05) is 35.0 Å². The summed E-state index contributed by atoms with van der Waals surface area (Å²) in [5.41, 5.74) is 1.85. The molecule has 150 valence electrons. The molecule has 0 saturated heterocycles. The lowest BCUT2D eigenvalue weighted by Crippen LogP contribution is -2.46. The van der Waals surface area contributed by atoms with Crippen LogP contribution in [0.1, 0.15) is 53.5 Å². The molecule has 8 heteroatoms. The van der Waals surface area contributed by atoms with E-state index in [2.05, 4.69) is 14.9 Å². The highest BCUT2D eigenvalue weighted by atomic mass is 32.1. The highest BCUT2D eigenvalue weighted by Gasteiger charge is 2.37. The lowest BCUT2D eigenvalue weighted by Gasteiger charge is -2.30. The van der Waals surface area contributed by atoms with Gasteiger partial charge in [0.05, 0.1) is 6.26 Å². The number of aromatic nitrogens is 2. The maximum Gasteiger partial charge on any atom is 0.280 e. The van der Waals surface area contributed by atoms with Crippen molar-refractivity contribution in [2.45, 2.75) is 44.7 Å². The number of carbonyl (C=O) groups is 2. The van der Waals surface area contributed by atoms with Gasteiger partial charge in [-0.15, -0.1) is 5.10 Å². The summed E-state index contributed by atoms with van der Waals surface area (Å²) in [6.07, 6.45) is 5.60. The van der Waals surface area contributed by atoms with Crippen molar-refractivity contribution in [1.29, 1.82) is 0 Å². The van der Waals surface area contributed by atoms with E-state index < -0.39 is 11.9 Å². The van der Waals surface area contributed by atoms with Crippen molar-refractivity contribution in [3.63, 3.8) is 0 Å². The van der Waals surface area contributed by atoms with E-state index >= 15 is 0 Å². The smallest absolute Gasteiger partial charge is 0.280 e. The Morgan fingerprint density at radius 3 is 2.59 bits per heavy atom. The van der Waals surface area contributed by atoms with E-state index in [9.17, 15) is 9.59 Å². The van der Waals surface area contributed by atoms with Crippen molar-refractivity contribution in [2.75, 3.05) is 4.90 Å². The second-order valence-corrected chi connectivity index (χ2v) is 7.82. The van der Waals surface area contributed by atoms with Crippen molar-refractivity contribution < 1.29 is 14.0 Å². The van der Waals surface area contributed by atoms with Gasteiger partial charge in [-0.2, -0.15) is 0 Å². The van der Waals surface area contributed by atoms with Crippen molar-refractivity contribution in [3.8, 4) is 0 Å². The number of aryl methyl sites for hydroxylation is 1. The van der Waals surface area contributed by atoms with Gasteiger partial charge in [-0.3, -0.25) is 14.5 Å². The lowest BCUT2D eigenvalue weighted by molar-refractivity contribution is -0.123. The highest BCUT2D eigenvalue weighted by Crippen LogP contribution is 2.31. The zero-order chi connectivity index (χ0) is 20.2. The average Bonchev–Trinajstić information content (AvgIpc) is 3.49. The Morgan fingerprint density at radius 2 is 1.97 bits per heavy atom. The number of nitrogens with zero attached hydrogens (tertiary/aromatic N) is 3. The molecule has 1 unspecified atom stereocenters. The minimum atomic E-state index is -0.942. The van der Waals surface area contributed by atoms with Gasteiger partial charge in [0, 0.05) is 17.1 Å². The molecule has 0 radical (unpaired) electrons. The zero-order valence-corrected chi connectivity index (χ0v) is 16.9. The Bertz CT molecular complexity index is 948. The number of rotatable bonds is 6. The number of furan rings is 1. The average molecular weight is 410 g/mol. The van der Waals surface area contributed by atoms with E-state index in [1.807, 2.05) is 31.2 Å². The molecular formula is C21H22N4O3S. The molecule has 1 N–H and O–H groups in total. The van der Waals surface area contributed by atoms with E-state index in [0.29, 0.717) is 11.4 Å². The van der Waals surface area contributed by atoms with Crippen LogP contribution < -0.4 is 10.2 Å². The summed E-state index contributed by atoms with van der Waals surface area (Å²) < 4.78 is 9.39. The first-order valence-electron chi connectivity index (χ1n) is 9.64. The van der Waals surface area contributed by atoms with E-state index in [1.165, 1.54) is 11.2 Å². The van der Waals surface area contributed by atoms with Crippen molar-refractivity contribution in [2.24, 2.45) is 0 Å². The molecule has 1 aliphatic rings. The summed E-state index contributed by atoms with van der Waals surface area (Å²) in [5.74, 6) is -0.257. The van der Waals surface area contributed by atoms with E-state index in [1.54, 1.807) is 17.5 Å². The van der Waals surface area contributed by atoms with Gasteiger partial charge in [-0.05, 0) is 55.6 Å². The number of hydrogen-bond acceptors (Lipinski definition) is 6. The summed E-state index contributed by atoms with van der Waals surface area (Å²) >= 11 is 1.09. The molecule has 0 aliphatic heterocycles. The van der Waals surface area contributed by atoms with Crippen molar-refractivity contribution >= 4 is 29.0 Å². The van der Waals surface area contributed by atoms with Crippen LogP contribution in [0.15, 0.2) is 52.5 Å². The van der Waals surface area contributed by atoms with Gasteiger partial charge in [0.25, 0.3) is 11.8 Å². The number of nitrogens with one attached hydrogen (secondary N) is 1. The normalized spacial score (nSPS) is 15.2. The van der Waals surface area contributed by atoms with Gasteiger partial charge >= 0.3 is 0 Å².